The van der Waals surface area contributed by atoms with E-state index in [-0.39, 0.29) is 18.2 Å². The van der Waals surface area contributed by atoms with Crippen molar-refractivity contribution in [1.29, 1.82) is 0 Å². The van der Waals surface area contributed by atoms with Crippen LogP contribution in [0.25, 0.3) is 0 Å². The van der Waals surface area contributed by atoms with Gasteiger partial charge in [-0.25, -0.2) is 4.39 Å². The molecule has 0 spiro atoms. The molecule has 0 aliphatic carbocycles. The van der Waals surface area contributed by atoms with E-state index in [0.29, 0.717) is 12.0 Å². The molecular formula is C13H18F2N2O2. The van der Waals surface area contributed by atoms with Crippen LogP contribution in [0.1, 0.15) is 32.8 Å². The van der Waals surface area contributed by atoms with Crippen molar-refractivity contribution in [1.82, 2.24) is 5.32 Å². The Morgan fingerprint density at radius 1 is 1.26 bits per heavy atom. The van der Waals surface area contributed by atoms with Crippen molar-refractivity contribution in [2.45, 2.75) is 39.8 Å². The first-order valence-electron chi connectivity index (χ1n) is 6.17. The maximum Gasteiger partial charge on any atom is 0.305 e. The van der Waals surface area contributed by atoms with Crippen LogP contribution < -0.4 is 5.32 Å². The van der Waals surface area contributed by atoms with Crippen LogP contribution in [-0.4, -0.2) is 11.0 Å². The fourth-order valence-corrected chi connectivity index (χ4v) is 1.93. The second-order valence-corrected chi connectivity index (χ2v) is 5.06. The number of hydrogen-bond donors (Lipinski definition) is 1. The molecule has 0 saturated heterocycles. The lowest BCUT2D eigenvalue weighted by molar-refractivity contribution is -0.387. The fraction of sp³-hybridized carbons (Fsp3) is 0.538. The molecule has 0 fully saturated rings. The summed E-state index contributed by atoms with van der Waals surface area (Å²) in [6.45, 7) is 6.24. The molecule has 0 aliphatic rings. The monoisotopic (exact) mass is 272 g/mol. The third-order valence-electron chi connectivity index (χ3n) is 2.78. The Kier molecular flexibility index (Phi) is 5.35. The van der Waals surface area contributed by atoms with Gasteiger partial charge in [-0.1, -0.05) is 13.8 Å². The summed E-state index contributed by atoms with van der Waals surface area (Å²) in [7, 11) is 0. The lowest BCUT2D eigenvalue weighted by atomic mass is 10.0. The van der Waals surface area contributed by atoms with Gasteiger partial charge in [0.25, 0.3) is 0 Å². The Bertz CT molecular complexity index is 464. The van der Waals surface area contributed by atoms with Crippen LogP contribution in [-0.2, 0) is 6.54 Å². The van der Waals surface area contributed by atoms with Crippen molar-refractivity contribution >= 4 is 5.69 Å². The molecule has 6 heteroatoms. The molecule has 1 aromatic rings. The van der Waals surface area contributed by atoms with Gasteiger partial charge >= 0.3 is 5.69 Å². The van der Waals surface area contributed by atoms with Crippen molar-refractivity contribution < 1.29 is 13.7 Å². The standard InChI is InChI=1S/C13H18F2N2O2/c1-8(2)4-9(3)16-7-10-5-13(17(18)19)12(15)6-11(10)14/h5-6,8-9,16H,4,7H2,1-3H3. The van der Waals surface area contributed by atoms with E-state index in [1.807, 2.05) is 6.92 Å². The van der Waals surface area contributed by atoms with Crippen LogP contribution in [0, 0.1) is 27.7 Å². The number of benzene rings is 1. The molecule has 0 heterocycles. The molecule has 0 bridgehead atoms. The molecule has 0 radical (unpaired) electrons. The molecule has 1 atom stereocenters. The SMILES string of the molecule is CC(C)CC(C)NCc1cc([N+](=O)[O-])c(F)cc1F. The van der Waals surface area contributed by atoms with Gasteiger partial charge in [0.1, 0.15) is 5.82 Å². The highest BCUT2D eigenvalue weighted by Crippen LogP contribution is 2.21. The molecule has 0 saturated carbocycles. The molecule has 19 heavy (non-hydrogen) atoms. The zero-order chi connectivity index (χ0) is 14.6. The van der Waals surface area contributed by atoms with Crippen molar-refractivity contribution in [2.24, 2.45) is 5.92 Å². The van der Waals surface area contributed by atoms with Crippen LogP contribution in [0.15, 0.2) is 12.1 Å². The van der Waals surface area contributed by atoms with Gasteiger partial charge < -0.3 is 5.32 Å². The highest BCUT2D eigenvalue weighted by atomic mass is 19.1. The van der Waals surface area contributed by atoms with E-state index in [0.717, 1.165) is 12.5 Å². The zero-order valence-corrected chi connectivity index (χ0v) is 11.2. The van der Waals surface area contributed by atoms with E-state index in [1.54, 1.807) is 0 Å². The summed E-state index contributed by atoms with van der Waals surface area (Å²) in [5.74, 6) is -1.43. The quantitative estimate of drug-likeness (QED) is 0.638. The lowest BCUT2D eigenvalue weighted by Crippen LogP contribution is -2.27. The van der Waals surface area contributed by atoms with Crippen molar-refractivity contribution in [3.8, 4) is 0 Å². The molecule has 0 aliphatic heterocycles. The Balaban J connectivity index is 2.78. The summed E-state index contributed by atoms with van der Waals surface area (Å²) in [5.41, 5.74) is -0.599. The van der Waals surface area contributed by atoms with Gasteiger partial charge in [0.05, 0.1) is 4.92 Å². The van der Waals surface area contributed by atoms with Gasteiger partial charge in [0, 0.05) is 30.3 Å². The largest absolute Gasteiger partial charge is 0.310 e. The molecule has 106 valence electrons. The molecule has 1 unspecified atom stereocenters. The summed E-state index contributed by atoms with van der Waals surface area (Å²) in [4.78, 5) is 9.74. The number of hydrogen-bond acceptors (Lipinski definition) is 3. The van der Waals surface area contributed by atoms with E-state index in [2.05, 4.69) is 19.2 Å². The van der Waals surface area contributed by atoms with Crippen LogP contribution in [0.5, 0.6) is 0 Å². The predicted molar refractivity (Wildman–Crippen MR) is 68.8 cm³/mol. The van der Waals surface area contributed by atoms with Gasteiger partial charge in [-0.2, -0.15) is 4.39 Å². The van der Waals surface area contributed by atoms with Gasteiger partial charge in [0.2, 0.25) is 5.82 Å². The van der Waals surface area contributed by atoms with Crippen LogP contribution in [0.3, 0.4) is 0 Å². The molecule has 1 N–H and O–H groups in total. The van der Waals surface area contributed by atoms with Gasteiger partial charge in [-0.3, -0.25) is 10.1 Å². The van der Waals surface area contributed by atoms with E-state index in [4.69, 9.17) is 0 Å². The highest BCUT2D eigenvalue weighted by Gasteiger charge is 2.18. The lowest BCUT2D eigenvalue weighted by Gasteiger charge is -2.16. The number of nitrogens with one attached hydrogen (secondary N) is 1. The van der Waals surface area contributed by atoms with Gasteiger partial charge in [-0.15, -0.1) is 0 Å². The first kappa shape index (κ1) is 15.5. The smallest absolute Gasteiger partial charge is 0.305 e. The molecule has 1 aromatic carbocycles. The number of nitrogens with zero attached hydrogens (tertiary/aromatic N) is 1. The summed E-state index contributed by atoms with van der Waals surface area (Å²) in [5, 5.41) is 13.7. The summed E-state index contributed by atoms with van der Waals surface area (Å²) in [6, 6.07) is 1.66. The van der Waals surface area contributed by atoms with Crippen molar-refractivity contribution in [3.63, 3.8) is 0 Å². The van der Waals surface area contributed by atoms with Crippen LogP contribution >= 0.6 is 0 Å². The second kappa shape index (κ2) is 6.56. The minimum atomic E-state index is -1.15. The maximum atomic E-state index is 13.5. The average molecular weight is 272 g/mol. The fourth-order valence-electron chi connectivity index (χ4n) is 1.93. The van der Waals surface area contributed by atoms with E-state index < -0.39 is 22.2 Å². The average Bonchev–Trinajstić information content (AvgIpc) is 2.26. The van der Waals surface area contributed by atoms with E-state index in [9.17, 15) is 18.9 Å². The second-order valence-electron chi connectivity index (χ2n) is 5.06. The normalized spacial score (nSPS) is 12.7. The number of rotatable bonds is 6. The minimum absolute atomic E-state index is 0.101. The number of nitro benzene ring substituents is 1. The van der Waals surface area contributed by atoms with E-state index in [1.165, 1.54) is 0 Å². The predicted octanol–water partition coefficient (Wildman–Crippen LogP) is 3.40. The third-order valence-corrected chi connectivity index (χ3v) is 2.78. The zero-order valence-electron chi connectivity index (χ0n) is 11.2. The summed E-state index contributed by atoms with van der Waals surface area (Å²) < 4.78 is 26.7. The Morgan fingerprint density at radius 2 is 1.89 bits per heavy atom. The Labute approximate surface area is 111 Å². The molecule has 0 aromatic heterocycles. The summed E-state index contributed by atoms with van der Waals surface area (Å²) >= 11 is 0. The Morgan fingerprint density at radius 3 is 2.42 bits per heavy atom. The highest BCUT2D eigenvalue weighted by molar-refractivity contribution is 5.37. The number of halogens is 2. The van der Waals surface area contributed by atoms with Crippen molar-refractivity contribution in [2.75, 3.05) is 0 Å². The molecule has 0 amide bonds. The van der Waals surface area contributed by atoms with Crippen LogP contribution in [0.4, 0.5) is 14.5 Å². The minimum Gasteiger partial charge on any atom is -0.310 e. The Hall–Kier alpha value is -1.56. The van der Waals surface area contributed by atoms with Gasteiger partial charge in [-0.05, 0) is 19.3 Å². The van der Waals surface area contributed by atoms with Crippen molar-refractivity contribution in [3.05, 3.63) is 39.4 Å². The first-order chi connectivity index (χ1) is 8.81. The third kappa shape index (κ3) is 4.55. The topological polar surface area (TPSA) is 55.2 Å². The maximum absolute atomic E-state index is 13.5. The van der Waals surface area contributed by atoms with Crippen LogP contribution in [0.2, 0.25) is 0 Å². The van der Waals surface area contributed by atoms with Gasteiger partial charge in [0.15, 0.2) is 0 Å². The van der Waals surface area contributed by atoms with E-state index >= 15 is 0 Å². The molecule has 1 rings (SSSR count). The summed E-state index contributed by atoms with van der Waals surface area (Å²) in [6.07, 6.45) is 0.908. The number of nitro groups is 1. The molecular weight excluding hydrogens is 254 g/mol. The molecule has 4 nitrogen and oxygen atoms in total. The first-order valence-corrected chi connectivity index (χ1v) is 6.17.